The molecule has 0 amide bonds. The van der Waals surface area contributed by atoms with Crippen molar-refractivity contribution < 1.29 is 17.9 Å². The normalized spacial score (nSPS) is 12.9. The third kappa shape index (κ3) is 3.43. The van der Waals surface area contributed by atoms with Gasteiger partial charge in [-0.3, -0.25) is 4.98 Å². The van der Waals surface area contributed by atoms with E-state index in [1.807, 2.05) is 0 Å². The van der Waals surface area contributed by atoms with Gasteiger partial charge in [-0.2, -0.15) is 0 Å². The Morgan fingerprint density at radius 3 is 2.76 bits per heavy atom. The summed E-state index contributed by atoms with van der Waals surface area (Å²) >= 11 is 0.855. The lowest BCUT2D eigenvalue weighted by Crippen LogP contribution is -2.28. The van der Waals surface area contributed by atoms with Crippen molar-refractivity contribution in [3.63, 3.8) is 0 Å². The number of nitrogens with one attached hydrogen (secondary N) is 1. The van der Waals surface area contributed by atoms with E-state index in [4.69, 9.17) is 0 Å². The summed E-state index contributed by atoms with van der Waals surface area (Å²) in [6.07, 6.45) is 1.58. The first-order valence-electron chi connectivity index (χ1n) is 5.90. The molecule has 2 rings (SSSR count). The molecule has 0 spiro atoms. The fraction of sp³-hybridized carbons (Fsp3) is 0.250. The largest absolute Gasteiger partial charge is 0.464 e. The zero-order chi connectivity index (χ0) is 15.5. The van der Waals surface area contributed by atoms with E-state index in [1.54, 1.807) is 31.3 Å². The minimum Gasteiger partial charge on any atom is -0.464 e. The number of esters is 1. The van der Waals surface area contributed by atoms with Crippen molar-refractivity contribution in [2.45, 2.75) is 17.2 Å². The highest BCUT2D eigenvalue weighted by Gasteiger charge is 2.28. The molecule has 2 aromatic heterocycles. The summed E-state index contributed by atoms with van der Waals surface area (Å²) in [5, 5.41) is 0. The van der Waals surface area contributed by atoms with Crippen LogP contribution in [0.15, 0.2) is 34.1 Å². The molecule has 7 nitrogen and oxygen atoms in total. The number of aromatic nitrogens is 2. The van der Waals surface area contributed by atoms with Crippen LogP contribution in [0.5, 0.6) is 0 Å². The van der Waals surface area contributed by atoms with E-state index in [2.05, 4.69) is 19.4 Å². The average Bonchev–Trinajstić information content (AvgIpc) is 2.97. The number of pyridine rings is 1. The Balaban J connectivity index is 2.27. The number of nitrogens with zero attached hydrogens (tertiary/aromatic N) is 2. The van der Waals surface area contributed by atoms with Crippen LogP contribution in [0.25, 0.3) is 0 Å². The van der Waals surface area contributed by atoms with Gasteiger partial charge < -0.3 is 4.74 Å². The van der Waals surface area contributed by atoms with E-state index in [1.165, 1.54) is 12.6 Å². The maximum atomic E-state index is 12.3. The topological polar surface area (TPSA) is 98.2 Å². The summed E-state index contributed by atoms with van der Waals surface area (Å²) in [4.78, 5) is 19.3. The molecule has 9 heteroatoms. The lowest BCUT2D eigenvalue weighted by Gasteiger charge is -2.13. The number of ether oxygens (including phenoxy) is 1. The van der Waals surface area contributed by atoms with Crippen molar-refractivity contribution in [3.8, 4) is 0 Å². The quantitative estimate of drug-likeness (QED) is 0.833. The fourth-order valence-electron chi connectivity index (χ4n) is 1.64. The molecule has 1 N–H and O–H groups in total. The van der Waals surface area contributed by atoms with Gasteiger partial charge in [-0.1, -0.05) is 6.07 Å². The van der Waals surface area contributed by atoms with Gasteiger partial charge in [0.1, 0.15) is 0 Å². The van der Waals surface area contributed by atoms with Gasteiger partial charge in [0.15, 0.2) is 9.90 Å². The molecule has 0 saturated carbocycles. The lowest BCUT2D eigenvalue weighted by molar-refractivity contribution is 0.0590. The molecule has 0 radical (unpaired) electrons. The van der Waals surface area contributed by atoms with Gasteiger partial charge in [0, 0.05) is 6.20 Å². The van der Waals surface area contributed by atoms with Crippen LogP contribution >= 0.6 is 11.3 Å². The molecule has 0 aliphatic carbocycles. The van der Waals surface area contributed by atoms with Crippen LogP contribution < -0.4 is 4.72 Å². The van der Waals surface area contributed by atoms with Gasteiger partial charge >= 0.3 is 5.97 Å². The lowest BCUT2D eigenvalue weighted by atomic mass is 10.2. The number of rotatable bonds is 5. The molecule has 1 unspecified atom stereocenters. The number of hydrogen-bond donors (Lipinski definition) is 1. The molecule has 2 heterocycles. The molecular weight excluding hydrogens is 314 g/mol. The fourth-order valence-corrected chi connectivity index (χ4v) is 4.00. The Kier molecular flexibility index (Phi) is 4.66. The predicted molar refractivity (Wildman–Crippen MR) is 76.4 cm³/mol. The maximum absolute atomic E-state index is 12.3. The number of sulfonamides is 1. The molecular formula is C12H13N3O4S2. The summed E-state index contributed by atoms with van der Waals surface area (Å²) in [6.45, 7) is 1.67. The van der Waals surface area contributed by atoms with E-state index in [9.17, 15) is 13.2 Å². The summed E-state index contributed by atoms with van der Waals surface area (Å²) in [5.41, 5.74) is 1.64. The zero-order valence-electron chi connectivity index (χ0n) is 11.3. The Morgan fingerprint density at radius 1 is 1.38 bits per heavy atom. The Hall–Kier alpha value is -1.84. The molecule has 0 saturated heterocycles. The van der Waals surface area contributed by atoms with Gasteiger partial charge in [-0.25, -0.2) is 22.9 Å². The summed E-state index contributed by atoms with van der Waals surface area (Å²) < 4.78 is 31.5. The van der Waals surface area contributed by atoms with Gasteiger partial charge in [-0.05, 0) is 19.1 Å². The monoisotopic (exact) mass is 327 g/mol. The molecule has 1 atom stereocenters. The van der Waals surface area contributed by atoms with E-state index in [0.717, 1.165) is 11.3 Å². The molecule has 0 aliphatic rings. The van der Waals surface area contributed by atoms with Gasteiger partial charge in [0.25, 0.3) is 10.0 Å². The van der Waals surface area contributed by atoms with Crippen LogP contribution in [0.3, 0.4) is 0 Å². The van der Waals surface area contributed by atoms with Crippen molar-refractivity contribution in [3.05, 3.63) is 41.3 Å². The third-order valence-electron chi connectivity index (χ3n) is 2.62. The van der Waals surface area contributed by atoms with Crippen LogP contribution in [-0.4, -0.2) is 31.5 Å². The third-order valence-corrected chi connectivity index (χ3v) is 5.53. The average molecular weight is 327 g/mol. The smallest absolute Gasteiger partial charge is 0.358 e. The molecule has 112 valence electrons. The van der Waals surface area contributed by atoms with Crippen molar-refractivity contribution in [2.75, 3.05) is 7.11 Å². The minimum absolute atomic E-state index is 0.169. The molecule has 2 aromatic rings. The summed E-state index contributed by atoms with van der Waals surface area (Å²) in [5.74, 6) is -0.790. The maximum Gasteiger partial charge on any atom is 0.358 e. The van der Waals surface area contributed by atoms with Crippen LogP contribution in [0.4, 0.5) is 0 Å². The highest BCUT2D eigenvalue weighted by molar-refractivity contribution is 7.91. The number of thiazole rings is 1. The SMILES string of the molecule is COC(=O)c1ncsc1S(=O)(=O)NC(C)c1ccccn1. The van der Waals surface area contributed by atoms with E-state index < -0.39 is 22.0 Å². The number of hydrogen-bond acceptors (Lipinski definition) is 7. The summed E-state index contributed by atoms with van der Waals surface area (Å²) in [7, 11) is -2.72. The standard InChI is InChI=1S/C12H13N3O4S2/c1-8(9-5-3-4-6-13-9)15-21(17,18)12-10(11(16)19-2)14-7-20-12/h3-8,15H,1-2H3. The van der Waals surface area contributed by atoms with Crippen LogP contribution in [-0.2, 0) is 14.8 Å². The predicted octanol–water partition coefficient (Wildman–Crippen LogP) is 1.36. The zero-order valence-corrected chi connectivity index (χ0v) is 12.9. The number of carbonyl (C=O) groups excluding carboxylic acids is 1. The van der Waals surface area contributed by atoms with E-state index in [0.29, 0.717) is 5.69 Å². The van der Waals surface area contributed by atoms with Crippen molar-refractivity contribution in [1.29, 1.82) is 0 Å². The Bertz CT molecular complexity index is 728. The second-order valence-corrected chi connectivity index (χ2v) is 6.84. The van der Waals surface area contributed by atoms with Crippen LogP contribution in [0.1, 0.15) is 29.1 Å². The van der Waals surface area contributed by atoms with E-state index >= 15 is 0 Å². The second-order valence-electron chi connectivity index (χ2n) is 4.08. The Labute approximate surface area is 126 Å². The van der Waals surface area contributed by atoms with Gasteiger partial charge in [0.05, 0.1) is 24.4 Å². The molecule has 0 bridgehead atoms. The number of carbonyl (C=O) groups is 1. The Morgan fingerprint density at radius 2 is 2.14 bits per heavy atom. The van der Waals surface area contributed by atoms with Gasteiger partial charge in [-0.15, -0.1) is 11.3 Å². The van der Waals surface area contributed by atoms with E-state index in [-0.39, 0.29) is 9.90 Å². The molecule has 0 fully saturated rings. The first-order chi connectivity index (χ1) is 9.95. The first-order valence-corrected chi connectivity index (χ1v) is 8.27. The van der Waals surface area contributed by atoms with Crippen molar-refractivity contribution in [1.82, 2.24) is 14.7 Å². The van der Waals surface area contributed by atoms with Gasteiger partial charge in [0.2, 0.25) is 0 Å². The molecule has 0 aliphatic heterocycles. The van der Waals surface area contributed by atoms with Crippen LogP contribution in [0, 0.1) is 0 Å². The van der Waals surface area contributed by atoms with Crippen molar-refractivity contribution >= 4 is 27.3 Å². The van der Waals surface area contributed by atoms with Crippen LogP contribution in [0.2, 0.25) is 0 Å². The minimum atomic E-state index is -3.88. The molecule has 0 aromatic carbocycles. The highest BCUT2D eigenvalue weighted by atomic mass is 32.2. The molecule has 21 heavy (non-hydrogen) atoms. The van der Waals surface area contributed by atoms with Crippen molar-refractivity contribution in [2.24, 2.45) is 0 Å². The first kappa shape index (κ1) is 15.5. The highest BCUT2D eigenvalue weighted by Crippen LogP contribution is 2.22. The number of methoxy groups -OCH3 is 1. The second kappa shape index (κ2) is 6.29. The summed E-state index contributed by atoms with van der Waals surface area (Å²) in [6, 6.07) is 4.67.